The summed E-state index contributed by atoms with van der Waals surface area (Å²) in [5.74, 6) is 0. The fourth-order valence-corrected chi connectivity index (χ4v) is 3.89. The van der Waals surface area contributed by atoms with Gasteiger partial charge in [0.1, 0.15) is 0 Å². The van der Waals surface area contributed by atoms with Crippen LogP contribution in [0.2, 0.25) is 0 Å². The van der Waals surface area contributed by atoms with Crippen molar-refractivity contribution in [2.45, 2.75) is 39.8 Å². The van der Waals surface area contributed by atoms with E-state index in [4.69, 9.17) is 0 Å². The van der Waals surface area contributed by atoms with E-state index in [2.05, 4.69) is 68.9 Å². The molecule has 2 aromatic carbocycles. The number of likely N-dealkylation sites (N-methyl/N-ethyl adjacent to an activating group) is 2. The van der Waals surface area contributed by atoms with E-state index in [1.807, 2.05) is 0 Å². The number of aryl methyl sites for hydroxylation is 3. The van der Waals surface area contributed by atoms with Crippen LogP contribution in [-0.2, 0) is 6.42 Å². The molecule has 0 unspecified atom stereocenters. The molecule has 2 heteroatoms. The molecule has 1 heterocycles. The number of benzene rings is 2. The van der Waals surface area contributed by atoms with E-state index < -0.39 is 0 Å². The van der Waals surface area contributed by atoms with Crippen molar-refractivity contribution in [1.82, 2.24) is 9.80 Å². The first kappa shape index (κ1) is 15.5. The van der Waals surface area contributed by atoms with Crippen molar-refractivity contribution in [3.05, 3.63) is 46.5 Å². The molecule has 1 aliphatic heterocycles. The maximum Gasteiger partial charge on any atom is 0.0884 e. The topological polar surface area (TPSA) is 6.48 Å². The van der Waals surface area contributed by atoms with Gasteiger partial charge in [0.05, 0.1) is 6.17 Å². The van der Waals surface area contributed by atoms with Crippen LogP contribution < -0.4 is 0 Å². The van der Waals surface area contributed by atoms with Crippen molar-refractivity contribution < 1.29 is 0 Å². The van der Waals surface area contributed by atoms with E-state index in [-0.39, 0.29) is 0 Å². The highest BCUT2D eigenvalue weighted by molar-refractivity contribution is 5.90. The van der Waals surface area contributed by atoms with E-state index in [1.54, 1.807) is 5.56 Å². The highest BCUT2D eigenvalue weighted by Gasteiger charge is 2.29. The summed E-state index contributed by atoms with van der Waals surface area (Å²) in [5.41, 5.74) is 5.86. The Morgan fingerprint density at radius 3 is 2.23 bits per heavy atom. The average Bonchev–Trinajstić information content (AvgIpc) is 2.83. The van der Waals surface area contributed by atoms with Gasteiger partial charge in [0.15, 0.2) is 0 Å². The van der Waals surface area contributed by atoms with E-state index in [1.165, 1.54) is 33.9 Å². The molecule has 0 aromatic heterocycles. The first-order chi connectivity index (χ1) is 10.5. The minimum atomic E-state index is 0.424. The number of hydrogen-bond donors (Lipinski definition) is 0. The average molecular weight is 296 g/mol. The van der Waals surface area contributed by atoms with Crippen molar-refractivity contribution in [2.75, 3.05) is 27.2 Å². The van der Waals surface area contributed by atoms with E-state index in [0.717, 1.165) is 19.5 Å². The lowest BCUT2D eigenvalue weighted by Gasteiger charge is -2.28. The smallest absolute Gasteiger partial charge is 0.0884 e. The van der Waals surface area contributed by atoms with Crippen LogP contribution in [0, 0.1) is 13.8 Å². The second-order valence-electron chi connectivity index (χ2n) is 6.82. The van der Waals surface area contributed by atoms with Crippen molar-refractivity contribution in [3.63, 3.8) is 0 Å². The zero-order valence-electron chi connectivity index (χ0n) is 14.6. The molecule has 0 bridgehead atoms. The normalized spacial score (nSPS) is 17.7. The molecule has 0 radical (unpaired) electrons. The third-order valence-electron chi connectivity index (χ3n) is 5.31. The van der Waals surface area contributed by atoms with Gasteiger partial charge in [0.25, 0.3) is 0 Å². The zero-order chi connectivity index (χ0) is 15.9. The lowest BCUT2D eigenvalue weighted by molar-refractivity contribution is 0.189. The van der Waals surface area contributed by atoms with E-state index >= 15 is 0 Å². The fraction of sp³-hybridized carbons (Fsp3) is 0.500. The minimum absolute atomic E-state index is 0.424. The Balaban J connectivity index is 2.22. The molecule has 1 fully saturated rings. The molecule has 0 atom stereocenters. The Bertz CT molecular complexity index is 680. The minimum Gasteiger partial charge on any atom is -0.286 e. The van der Waals surface area contributed by atoms with Crippen LogP contribution in [0.3, 0.4) is 0 Å². The molecular formula is C20H28N2. The summed E-state index contributed by atoms with van der Waals surface area (Å²) in [6.07, 6.45) is 2.78. The molecule has 2 aromatic rings. The molecule has 0 spiro atoms. The van der Waals surface area contributed by atoms with Crippen LogP contribution in [0.4, 0.5) is 0 Å². The van der Waals surface area contributed by atoms with Gasteiger partial charge < -0.3 is 0 Å². The van der Waals surface area contributed by atoms with Gasteiger partial charge in [-0.25, -0.2) is 0 Å². The van der Waals surface area contributed by atoms with Gasteiger partial charge in [-0.2, -0.15) is 0 Å². The first-order valence-corrected chi connectivity index (χ1v) is 8.46. The van der Waals surface area contributed by atoms with Crippen LogP contribution in [0.1, 0.15) is 41.8 Å². The predicted octanol–water partition coefficient (Wildman–Crippen LogP) is 4.28. The molecule has 0 aliphatic carbocycles. The predicted molar refractivity (Wildman–Crippen MR) is 95.4 cm³/mol. The molecule has 0 amide bonds. The molecular weight excluding hydrogens is 268 g/mol. The quantitative estimate of drug-likeness (QED) is 0.834. The Morgan fingerprint density at radius 1 is 0.955 bits per heavy atom. The molecule has 2 nitrogen and oxygen atoms in total. The largest absolute Gasteiger partial charge is 0.286 e. The molecule has 22 heavy (non-hydrogen) atoms. The van der Waals surface area contributed by atoms with Crippen LogP contribution in [-0.4, -0.2) is 37.0 Å². The Kier molecular flexibility index (Phi) is 4.24. The summed E-state index contributed by atoms with van der Waals surface area (Å²) in [6, 6.07) is 9.33. The number of nitrogens with zero attached hydrogens (tertiary/aromatic N) is 2. The van der Waals surface area contributed by atoms with Gasteiger partial charge in [-0.05, 0) is 67.4 Å². The monoisotopic (exact) mass is 296 g/mol. The van der Waals surface area contributed by atoms with Gasteiger partial charge in [0.2, 0.25) is 0 Å². The number of hydrogen-bond acceptors (Lipinski definition) is 2. The van der Waals surface area contributed by atoms with Crippen molar-refractivity contribution in [1.29, 1.82) is 0 Å². The van der Waals surface area contributed by atoms with Crippen molar-refractivity contribution in [2.24, 2.45) is 0 Å². The summed E-state index contributed by atoms with van der Waals surface area (Å²) in [4.78, 5) is 4.95. The van der Waals surface area contributed by atoms with Crippen LogP contribution in [0.25, 0.3) is 10.8 Å². The highest BCUT2D eigenvalue weighted by atomic mass is 15.4. The van der Waals surface area contributed by atoms with E-state index in [0.29, 0.717) is 6.17 Å². The molecule has 0 N–H and O–H groups in total. The number of rotatable bonds is 3. The lowest BCUT2D eigenvalue weighted by atomic mass is 9.90. The second kappa shape index (κ2) is 6.02. The van der Waals surface area contributed by atoms with Crippen LogP contribution in [0.5, 0.6) is 0 Å². The second-order valence-corrected chi connectivity index (χ2v) is 6.82. The fourth-order valence-electron chi connectivity index (χ4n) is 3.89. The Labute approximate surface area is 134 Å². The van der Waals surface area contributed by atoms with Gasteiger partial charge in [0, 0.05) is 13.1 Å². The summed E-state index contributed by atoms with van der Waals surface area (Å²) in [6.45, 7) is 9.04. The van der Waals surface area contributed by atoms with Gasteiger partial charge in [-0.1, -0.05) is 37.6 Å². The SMILES string of the molecule is CCCc1c(C2N(C)CCN2C)ccc2c(C)c(C)ccc12. The maximum absolute atomic E-state index is 2.47. The van der Waals surface area contributed by atoms with Gasteiger partial charge in [-0.15, -0.1) is 0 Å². The summed E-state index contributed by atoms with van der Waals surface area (Å²) >= 11 is 0. The maximum atomic E-state index is 2.47. The standard InChI is InChI=1S/C20H28N2/c1-6-7-17-18-9-8-14(2)15(3)16(18)10-11-19(17)20-21(4)12-13-22(20)5/h8-11,20H,6-7,12-13H2,1-5H3. The molecule has 118 valence electrons. The van der Waals surface area contributed by atoms with Gasteiger partial charge in [-0.3, -0.25) is 9.80 Å². The Morgan fingerprint density at radius 2 is 1.59 bits per heavy atom. The van der Waals surface area contributed by atoms with Gasteiger partial charge >= 0.3 is 0 Å². The lowest BCUT2D eigenvalue weighted by Crippen LogP contribution is -2.26. The van der Waals surface area contributed by atoms with Crippen molar-refractivity contribution >= 4 is 10.8 Å². The third kappa shape index (κ3) is 2.45. The first-order valence-electron chi connectivity index (χ1n) is 8.46. The summed E-state index contributed by atoms with van der Waals surface area (Å²) in [5, 5.41) is 2.88. The number of fused-ring (bicyclic) bond motifs is 1. The third-order valence-corrected chi connectivity index (χ3v) is 5.31. The van der Waals surface area contributed by atoms with Crippen LogP contribution in [0.15, 0.2) is 24.3 Å². The van der Waals surface area contributed by atoms with Crippen LogP contribution >= 0.6 is 0 Å². The summed E-state index contributed by atoms with van der Waals surface area (Å²) < 4.78 is 0. The zero-order valence-corrected chi connectivity index (χ0v) is 14.6. The Hall–Kier alpha value is -1.38. The van der Waals surface area contributed by atoms with E-state index in [9.17, 15) is 0 Å². The molecule has 3 rings (SSSR count). The molecule has 1 aliphatic rings. The highest BCUT2D eigenvalue weighted by Crippen LogP contribution is 2.35. The molecule has 1 saturated heterocycles. The molecule has 0 saturated carbocycles. The summed E-state index contributed by atoms with van der Waals surface area (Å²) in [7, 11) is 4.49. The van der Waals surface area contributed by atoms with Crippen molar-refractivity contribution in [3.8, 4) is 0 Å².